The SMILES string of the molecule is CC1(C)CC2CC(C)(CN2/C=C(/C#N)C(=O)Nc2ccc(N)cc2Cl)C1. The van der Waals surface area contributed by atoms with E-state index in [-0.39, 0.29) is 16.4 Å². The highest BCUT2D eigenvalue weighted by Gasteiger charge is 2.48. The normalized spacial score (nSPS) is 27.1. The highest BCUT2D eigenvalue weighted by Crippen LogP contribution is 2.52. The Balaban J connectivity index is 1.78. The van der Waals surface area contributed by atoms with E-state index in [1.54, 1.807) is 24.4 Å². The van der Waals surface area contributed by atoms with Gasteiger partial charge in [-0.25, -0.2) is 0 Å². The van der Waals surface area contributed by atoms with Crippen molar-refractivity contribution >= 4 is 28.9 Å². The zero-order valence-corrected chi connectivity index (χ0v) is 16.2. The number of amides is 1. The number of hydrogen-bond donors (Lipinski definition) is 2. The molecular formula is C20H25ClN4O. The number of halogens is 1. The van der Waals surface area contributed by atoms with Crippen LogP contribution in [0.3, 0.4) is 0 Å². The molecule has 2 bridgehead atoms. The molecule has 0 spiro atoms. The van der Waals surface area contributed by atoms with E-state index in [9.17, 15) is 10.1 Å². The summed E-state index contributed by atoms with van der Waals surface area (Å²) in [4.78, 5) is 14.7. The summed E-state index contributed by atoms with van der Waals surface area (Å²) in [6.45, 7) is 7.77. The van der Waals surface area contributed by atoms with Gasteiger partial charge in [0, 0.05) is 24.5 Å². The van der Waals surface area contributed by atoms with Gasteiger partial charge in [-0.1, -0.05) is 32.4 Å². The van der Waals surface area contributed by atoms with E-state index in [0.717, 1.165) is 25.8 Å². The molecule has 1 saturated heterocycles. The summed E-state index contributed by atoms with van der Waals surface area (Å²) in [6, 6.07) is 7.27. The topological polar surface area (TPSA) is 82.2 Å². The first kappa shape index (κ1) is 18.6. The van der Waals surface area contributed by atoms with Crippen molar-refractivity contribution in [1.29, 1.82) is 5.26 Å². The third-order valence-electron chi connectivity index (χ3n) is 5.36. The highest BCUT2D eigenvalue weighted by molar-refractivity contribution is 6.34. The molecule has 5 nitrogen and oxygen atoms in total. The second kappa shape index (κ2) is 6.51. The van der Waals surface area contributed by atoms with Gasteiger partial charge < -0.3 is 16.0 Å². The lowest BCUT2D eigenvalue weighted by atomic mass is 9.65. The molecule has 26 heavy (non-hydrogen) atoms. The van der Waals surface area contributed by atoms with Crippen molar-refractivity contribution in [2.45, 2.75) is 46.1 Å². The number of hydrogen-bond acceptors (Lipinski definition) is 4. The smallest absolute Gasteiger partial charge is 0.267 e. The van der Waals surface area contributed by atoms with Gasteiger partial charge in [-0.2, -0.15) is 5.26 Å². The Morgan fingerprint density at radius 1 is 1.42 bits per heavy atom. The standard InChI is InChI=1S/C20H25ClN4O/c1-19(2)7-15-8-20(3,11-19)12-25(15)10-13(9-22)18(26)24-17-5-4-14(23)6-16(17)21/h4-6,10,15H,7-8,11-12,23H2,1-3H3,(H,24,26)/b13-10-. The molecule has 1 amide bonds. The van der Waals surface area contributed by atoms with Gasteiger partial charge in [0.1, 0.15) is 11.6 Å². The summed E-state index contributed by atoms with van der Waals surface area (Å²) in [5.74, 6) is -0.454. The number of likely N-dealkylation sites (tertiary alicyclic amines) is 1. The van der Waals surface area contributed by atoms with Crippen LogP contribution in [0.2, 0.25) is 5.02 Å². The third-order valence-corrected chi connectivity index (χ3v) is 5.67. The van der Waals surface area contributed by atoms with E-state index in [4.69, 9.17) is 17.3 Å². The van der Waals surface area contributed by atoms with E-state index < -0.39 is 5.91 Å². The zero-order valence-electron chi connectivity index (χ0n) is 15.5. The molecule has 1 aromatic rings. The van der Waals surface area contributed by atoms with Crippen LogP contribution in [0, 0.1) is 22.2 Å². The van der Waals surface area contributed by atoms with Crippen LogP contribution < -0.4 is 11.1 Å². The molecule has 3 N–H and O–H groups in total. The average Bonchev–Trinajstić information content (AvgIpc) is 2.75. The van der Waals surface area contributed by atoms with Crippen LogP contribution >= 0.6 is 11.6 Å². The maximum atomic E-state index is 12.5. The summed E-state index contributed by atoms with van der Waals surface area (Å²) < 4.78 is 0. The fraction of sp³-hybridized carbons (Fsp3) is 0.500. The number of nitrogens with two attached hydrogens (primary N) is 1. The van der Waals surface area contributed by atoms with Gasteiger partial charge in [0.05, 0.1) is 10.7 Å². The van der Waals surface area contributed by atoms with Crippen molar-refractivity contribution in [3.05, 3.63) is 35.0 Å². The first-order chi connectivity index (χ1) is 12.1. The van der Waals surface area contributed by atoms with E-state index in [1.165, 1.54) is 0 Å². The predicted molar refractivity (Wildman–Crippen MR) is 104 cm³/mol. The summed E-state index contributed by atoms with van der Waals surface area (Å²) >= 11 is 6.11. The van der Waals surface area contributed by atoms with Crippen LogP contribution in [0.25, 0.3) is 0 Å². The minimum atomic E-state index is -0.454. The molecule has 6 heteroatoms. The predicted octanol–water partition coefficient (Wildman–Crippen LogP) is 4.17. The lowest BCUT2D eigenvalue weighted by Crippen LogP contribution is -2.33. The van der Waals surface area contributed by atoms with Crippen LogP contribution in [-0.4, -0.2) is 23.4 Å². The van der Waals surface area contributed by atoms with Crippen molar-refractivity contribution in [2.75, 3.05) is 17.6 Å². The van der Waals surface area contributed by atoms with Gasteiger partial charge in [-0.15, -0.1) is 0 Å². The lowest BCUT2D eigenvalue weighted by Gasteiger charge is -2.39. The van der Waals surface area contributed by atoms with Crippen molar-refractivity contribution in [1.82, 2.24) is 4.90 Å². The van der Waals surface area contributed by atoms with Gasteiger partial charge in [-0.3, -0.25) is 4.79 Å². The number of nitriles is 1. The largest absolute Gasteiger partial charge is 0.399 e. The van der Waals surface area contributed by atoms with Crippen LogP contribution in [0.4, 0.5) is 11.4 Å². The molecule has 1 aliphatic heterocycles. The fourth-order valence-electron chi connectivity index (χ4n) is 4.78. The highest BCUT2D eigenvalue weighted by atomic mass is 35.5. The maximum absolute atomic E-state index is 12.5. The molecule has 2 fully saturated rings. The van der Waals surface area contributed by atoms with Gasteiger partial charge in [0.2, 0.25) is 0 Å². The minimum Gasteiger partial charge on any atom is -0.399 e. The quantitative estimate of drug-likeness (QED) is 0.474. The number of nitrogen functional groups attached to an aromatic ring is 1. The Labute approximate surface area is 159 Å². The van der Waals surface area contributed by atoms with E-state index in [2.05, 4.69) is 31.0 Å². The number of carbonyl (C=O) groups excluding carboxylic acids is 1. The zero-order chi connectivity index (χ0) is 19.1. The van der Waals surface area contributed by atoms with Gasteiger partial charge in [0.25, 0.3) is 5.91 Å². The maximum Gasteiger partial charge on any atom is 0.267 e. The first-order valence-corrected chi connectivity index (χ1v) is 9.23. The van der Waals surface area contributed by atoms with Gasteiger partial charge >= 0.3 is 0 Å². The summed E-state index contributed by atoms with van der Waals surface area (Å²) in [7, 11) is 0. The number of anilines is 2. The molecule has 2 aliphatic rings. The molecule has 138 valence electrons. The number of rotatable bonds is 3. The molecule has 1 aromatic carbocycles. The van der Waals surface area contributed by atoms with Crippen molar-refractivity contribution in [2.24, 2.45) is 10.8 Å². The minimum absolute atomic E-state index is 0.0897. The van der Waals surface area contributed by atoms with E-state index in [1.807, 2.05) is 6.07 Å². The van der Waals surface area contributed by atoms with Crippen LogP contribution in [0.5, 0.6) is 0 Å². The Hall–Kier alpha value is -2.19. The van der Waals surface area contributed by atoms with Crippen LogP contribution in [0.1, 0.15) is 40.0 Å². The molecular weight excluding hydrogens is 348 g/mol. The van der Waals surface area contributed by atoms with Crippen LogP contribution in [0.15, 0.2) is 30.0 Å². The summed E-state index contributed by atoms with van der Waals surface area (Å²) in [5.41, 5.74) is 7.24. The molecule has 1 aliphatic carbocycles. The molecule has 3 rings (SSSR count). The molecule has 2 atom stereocenters. The monoisotopic (exact) mass is 372 g/mol. The van der Waals surface area contributed by atoms with Gasteiger partial charge in [-0.05, 0) is 48.3 Å². The molecule has 2 unspecified atom stereocenters. The summed E-state index contributed by atoms with van der Waals surface area (Å²) in [5, 5.41) is 12.5. The number of fused-ring (bicyclic) bond motifs is 2. The molecule has 0 radical (unpaired) electrons. The Morgan fingerprint density at radius 2 is 2.15 bits per heavy atom. The van der Waals surface area contributed by atoms with E-state index in [0.29, 0.717) is 22.4 Å². The van der Waals surface area contributed by atoms with Crippen molar-refractivity contribution < 1.29 is 4.79 Å². The number of carbonyl (C=O) groups is 1. The fourth-order valence-corrected chi connectivity index (χ4v) is 5.02. The number of nitrogens with one attached hydrogen (secondary N) is 1. The summed E-state index contributed by atoms with van der Waals surface area (Å²) in [6.07, 6.45) is 5.06. The Bertz CT molecular complexity index is 811. The molecule has 0 aromatic heterocycles. The molecule has 1 heterocycles. The van der Waals surface area contributed by atoms with Crippen molar-refractivity contribution in [3.63, 3.8) is 0 Å². The van der Waals surface area contributed by atoms with Gasteiger partial charge in [0.15, 0.2) is 0 Å². The third kappa shape index (κ3) is 3.81. The second-order valence-corrected chi connectivity index (χ2v) is 9.14. The van der Waals surface area contributed by atoms with E-state index >= 15 is 0 Å². The van der Waals surface area contributed by atoms with Crippen molar-refractivity contribution in [3.8, 4) is 6.07 Å². The molecule has 1 saturated carbocycles. The number of benzene rings is 1. The average molecular weight is 373 g/mol. The number of nitrogens with zero attached hydrogens (tertiary/aromatic N) is 2. The van der Waals surface area contributed by atoms with Crippen LogP contribution in [-0.2, 0) is 4.79 Å². The first-order valence-electron chi connectivity index (χ1n) is 8.85. The Morgan fingerprint density at radius 3 is 2.81 bits per heavy atom. The lowest BCUT2D eigenvalue weighted by molar-refractivity contribution is -0.112. The Kier molecular flexibility index (Phi) is 4.66. The second-order valence-electron chi connectivity index (χ2n) is 8.73.